The van der Waals surface area contributed by atoms with Crippen molar-refractivity contribution in [2.75, 3.05) is 11.9 Å². The van der Waals surface area contributed by atoms with E-state index in [4.69, 9.17) is 9.15 Å². The molecule has 3 N–H and O–H groups in total. The maximum absolute atomic E-state index is 13.7. The lowest BCUT2D eigenvalue weighted by molar-refractivity contribution is -0.122. The van der Waals surface area contributed by atoms with E-state index in [-0.39, 0.29) is 30.6 Å². The molecule has 2 amide bonds. The van der Waals surface area contributed by atoms with Crippen LogP contribution in [0.1, 0.15) is 48.4 Å². The van der Waals surface area contributed by atoms with Crippen molar-refractivity contribution in [3.05, 3.63) is 130 Å². The third kappa shape index (κ3) is 8.56. The van der Waals surface area contributed by atoms with E-state index in [0.717, 1.165) is 27.5 Å². The van der Waals surface area contributed by atoms with E-state index in [9.17, 15) is 23.9 Å². The standard InChI is InChI=1S/C35H35FN6O6/c1-22-8-7-11-24(16-22)17-29-40-41-32(48-29)30(44)35(2,3)21-38-28(43)19-42-31(25-12-14-26(36)15-13-25)37-18-27(33(42)45)39-34(46)47-20-23-9-5-4-6-10-23/h4-16,18,30,44H,17,19-21H2,1-3H3,(H,38,43)(H,39,46)/t30-/m1/s1. The van der Waals surface area contributed by atoms with Crippen molar-refractivity contribution in [3.63, 3.8) is 0 Å². The summed E-state index contributed by atoms with van der Waals surface area (Å²) in [5.41, 5.74) is 1.28. The second kappa shape index (κ2) is 14.8. The van der Waals surface area contributed by atoms with Gasteiger partial charge in [-0.1, -0.05) is 74.0 Å². The largest absolute Gasteiger partial charge is 0.444 e. The first-order valence-electron chi connectivity index (χ1n) is 15.1. The van der Waals surface area contributed by atoms with Gasteiger partial charge in [-0.05, 0) is 42.3 Å². The van der Waals surface area contributed by atoms with Crippen molar-refractivity contribution in [1.82, 2.24) is 25.1 Å². The third-order valence-corrected chi connectivity index (χ3v) is 7.54. The number of aryl methyl sites for hydroxylation is 1. The number of carbonyl (C=O) groups is 2. The van der Waals surface area contributed by atoms with Crippen molar-refractivity contribution < 1.29 is 28.2 Å². The Labute approximate surface area is 275 Å². The molecule has 1 atom stereocenters. The summed E-state index contributed by atoms with van der Waals surface area (Å²) < 4.78 is 25.7. The number of ether oxygens (including phenoxy) is 1. The van der Waals surface area contributed by atoms with Crippen LogP contribution in [-0.2, 0) is 29.1 Å². The first-order chi connectivity index (χ1) is 23.0. The summed E-state index contributed by atoms with van der Waals surface area (Å²) in [4.78, 5) is 43.6. The molecule has 0 aliphatic rings. The second-order valence-electron chi connectivity index (χ2n) is 11.9. The summed E-state index contributed by atoms with van der Waals surface area (Å²) in [6, 6.07) is 22.1. The van der Waals surface area contributed by atoms with Crippen LogP contribution in [0.2, 0.25) is 0 Å². The van der Waals surface area contributed by atoms with Crippen LogP contribution in [0.4, 0.5) is 14.9 Å². The Morgan fingerprint density at radius 2 is 1.75 bits per heavy atom. The van der Waals surface area contributed by atoms with Crippen LogP contribution in [0.25, 0.3) is 11.4 Å². The van der Waals surface area contributed by atoms with Gasteiger partial charge in [0.2, 0.25) is 17.7 Å². The highest BCUT2D eigenvalue weighted by atomic mass is 19.1. The van der Waals surface area contributed by atoms with E-state index in [0.29, 0.717) is 17.9 Å². The zero-order valence-corrected chi connectivity index (χ0v) is 26.6. The highest BCUT2D eigenvalue weighted by Gasteiger charge is 2.34. The molecule has 248 valence electrons. The monoisotopic (exact) mass is 654 g/mol. The number of aliphatic hydroxyl groups is 1. The number of hydrogen-bond donors (Lipinski definition) is 3. The third-order valence-electron chi connectivity index (χ3n) is 7.54. The average Bonchev–Trinajstić information content (AvgIpc) is 3.53. The molecule has 0 aliphatic heterocycles. The number of nitrogens with zero attached hydrogens (tertiary/aromatic N) is 4. The Morgan fingerprint density at radius 1 is 1.02 bits per heavy atom. The average molecular weight is 655 g/mol. The number of rotatable bonds is 12. The molecule has 0 saturated heterocycles. The van der Waals surface area contributed by atoms with Gasteiger partial charge in [0.25, 0.3) is 5.56 Å². The van der Waals surface area contributed by atoms with Crippen molar-refractivity contribution in [1.29, 1.82) is 0 Å². The zero-order chi connectivity index (χ0) is 34.3. The molecule has 12 nitrogen and oxygen atoms in total. The molecule has 0 unspecified atom stereocenters. The minimum absolute atomic E-state index is 0.00819. The minimum Gasteiger partial charge on any atom is -0.444 e. The van der Waals surface area contributed by atoms with E-state index in [2.05, 4.69) is 25.8 Å². The van der Waals surface area contributed by atoms with Gasteiger partial charge in [-0.3, -0.25) is 19.5 Å². The summed E-state index contributed by atoms with van der Waals surface area (Å²) >= 11 is 0. The van der Waals surface area contributed by atoms with Gasteiger partial charge in [-0.2, -0.15) is 0 Å². The summed E-state index contributed by atoms with van der Waals surface area (Å²) in [5.74, 6) is -0.656. The van der Waals surface area contributed by atoms with E-state index in [1.165, 1.54) is 24.3 Å². The fourth-order valence-electron chi connectivity index (χ4n) is 4.83. The lowest BCUT2D eigenvalue weighted by Gasteiger charge is -2.28. The Kier molecular flexibility index (Phi) is 10.4. The summed E-state index contributed by atoms with van der Waals surface area (Å²) in [5, 5.41) is 24.3. The van der Waals surface area contributed by atoms with Crippen molar-refractivity contribution in [2.24, 2.45) is 5.41 Å². The molecule has 13 heteroatoms. The van der Waals surface area contributed by atoms with E-state index in [1.54, 1.807) is 38.1 Å². The number of anilines is 1. The summed E-state index contributed by atoms with van der Waals surface area (Å²) in [6.07, 6.45) is -0.556. The summed E-state index contributed by atoms with van der Waals surface area (Å²) in [7, 11) is 0. The molecule has 2 aromatic heterocycles. The number of aromatic nitrogens is 4. The predicted octanol–water partition coefficient (Wildman–Crippen LogP) is 4.96. The lowest BCUT2D eigenvalue weighted by Crippen LogP contribution is -2.41. The number of carbonyl (C=O) groups excluding carboxylic acids is 2. The van der Waals surface area contributed by atoms with Crippen molar-refractivity contribution >= 4 is 17.7 Å². The number of nitrogens with one attached hydrogen (secondary N) is 2. The molecule has 0 bridgehead atoms. The van der Waals surface area contributed by atoms with Gasteiger partial charge in [0.1, 0.15) is 36.6 Å². The smallest absolute Gasteiger partial charge is 0.412 e. The molecule has 0 saturated carbocycles. The van der Waals surface area contributed by atoms with Crippen molar-refractivity contribution in [2.45, 2.75) is 46.4 Å². The Bertz CT molecular complexity index is 1940. The fourth-order valence-corrected chi connectivity index (χ4v) is 4.83. The van der Waals surface area contributed by atoms with E-state index >= 15 is 0 Å². The molecule has 2 heterocycles. The number of aliphatic hydroxyl groups excluding tert-OH is 1. The molecule has 5 rings (SSSR count). The van der Waals surface area contributed by atoms with Crippen LogP contribution in [0, 0.1) is 18.2 Å². The molecule has 0 spiro atoms. The minimum atomic E-state index is -1.22. The highest BCUT2D eigenvalue weighted by molar-refractivity contribution is 5.84. The molecule has 0 fully saturated rings. The topological polar surface area (TPSA) is 161 Å². The predicted molar refractivity (Wildman–Crippen MR) is 174 cm³/mol. The molecule has 3 aromatic carbocycles. The second-order valence-corrected chi connectivity index (χ2v) is 11.9. The SMILES string of the molecule is Cc1cccc(Cc2nnc([C@@H](O)C(C)(C)CNC(=O)Cn3c(-c4ccc(F)cc4)ncc(NC(=O)OCc4ccccc4)c3=O)o2)c1. The maximum atomic E-state index is 13.7. The van der Waals surface area contributed by atoms with Gasteiger partial charge in [0.05, 0.1) is 12.6 Å². The molecule has 0 radical (unpaired) electrons. The van der Waals surface area contributed by atoms with Gasteiger partial charge in [0.15, 0.2) is 0 Å². The first kappa shape index (κ1) is 33.7. The van der Waals surface area contributed by atoms with Gasteiger partial charge in [0, 0.05) is 17.5 Å². The Balaban J connectivity index is 1.27. The van der Waals surface area contributed by atoms with E-state index in [1.807, 2.05) is 37.3 Å². The van der Waals surface area contributed by atoms with Gasteiger partial charge in [-0.15, -0.1) is 10.2 Å². The van der Waals surface area contributed by atoms with Crippen LogP contribution in [0.5, 0.6) is 0 Å². The molecule has 5 aromatic rings. The first-order valence-corrected chi connectivity index (χ1v) is 15.1. The van der Waals surface area contributed by atoms with Crippen LogP contribution < -0.4 is 16.2 Å². The van der Waals surface area contributed by atoms with Crippen LogP contribution in [0.15, 0.2) is 94.3 Å². The number of hydrogen-bond acceptors (Lipinski definition) is 9. The maximum Gasteiger partial charge on any atom is 0.412 e. The van der Waals surface area contributed by atoms with Gasteiger partial charge < -0.3 is 19.6 Å². The number of halogens is 1. The van der Waals surface area contributed by atoms with E-state index < -0.39 is 41.4 Å². The fraction of sp³-hybridized carbons (Fsp3) is 0.257. The Morgan fingerprint density at radius 3 is 2.48 bits per heavy atom. The normalized spacial score (nSPS) is 11.9. The molecular weight excluding hydrogens is 619 g/mol. The van der Waals surface area contributed by atoms with Crippen LogP contribution in [-0.4, -0.2) is 43.4 Å². The Hall–Kier alpha value is -5.69. The van der Waals surface area contributed by atoms with Gasteiger partial charge >= 0.3 is 6.09 Å². The number of benzene rings is 3. The zero-order valence-electron chi connectivity index (χ0n) is 26.6. The lowest BCUT2D eigenvalue weighted by atomic mass is 9.86. The molecular formula is C35H35FN6O6. The summed E-state index contributed by atoms with van der Waals surface area (Å²) in [6.45, 7) is 4.86. The highest BCUT2D eigenvalue weighted by Crippen LogP contribution is 2.32. The molecule has 48 heavy (non-hydrogen) atoms. The van der Waals surface area contributed by atoms with Gasteiger partial charge in [-0.25, -0.2) is 14.2 Å². The number of amides is 2. The van der Waals surface area contributed by atoms with Crippen molar-refractivity contribution in [3.8, 4) is 11.4 Å². The van der Waals surface area contributed by atoms with Crippen LogP contribution >= 0.6 is 0 Å². The molecule has 0 aliphatic carbocycles. The quantitative estimate of drug-likeness (QED) is 0.169. The van der Waals surface area contributed by atoms with Crippen LogP contribution in [0.3, 0.4) is 0 Å².